The van der Waals surface area contributed by atoms with Crippen molar-refractivity contribution in [1.29, 1.82) is 0 Å². The lowest BCUT2D eigenvalue weighted by Gasteiger charge is -2.17. The van der Waals surface area contributed by atoms with E-state index >= 15 is 0 Å². The fourth-order valence-electron chi connectivity index (χ4n) is 2.17. The lowest BCUT2D eigenvalue weighted by Crippen LogP contribution is -2.39. The van der Waals surface area contributed by atoms with Gasteiger partial charge in [0, 0.05) is 13.2 Å². The van der Waals surface area contributed by atoms with E-state index < -0.39 is 18.0 Å². The lowest BCUT2D eigenvalue weighted by atomic mass is 10.0. The van der Waals surface area contributed by atoms with Crippen molar-refractivity contribution in [2.24, 2.45) is 5.92 Å². The summed E-state index contributed by atoms with van der Waals surface area (Å²) in [6, 6.07) is 4.06. The molecule has 1 aromatic rings. The Kier molecular flexibility index (Phi) is 4.96. The van der Waals surface area contributed by atoms with Crippen molar-refractivity contribution in [3.05, 3.63) is 34.6 Å². The Morgan fingerprint density at radius 2 is 2.40 bits per heavy atom. The number of rotatable bonds is 4. The van der Waals surface area contributed by atoms with Crippen LogP contribution in [-0.4, -0.2) is 30.3 Å². The number of ether oxygens (including phenoxy) is 1. The zero-order valence-corrected chi connectivity index (χ0v) is 11.9. The van der Waals surface area contributed by atoms with Gasteiger partial charge in [-0.1, -0.05) is 24.6 Å². The second kappa shape index (κ2) is 6.52. The van der Waals surface area contributed by atoms with E-state index in [4.69, 9.17) is 16.3 Å². The number of carbonyl (C=O) groups is 1. The van der Waals surface area contributed by atoms with Gasteiger partial charge in [0.15, 0.2) is 0 Å². The summed E-state index contributed by atoms with van der Waals surface area (Å²) in [6.45, 7) is 2.53. The predicted octanol–water partition coefficient (Wildman–Crippen LogP) is 2.05. The quantitative estimate of drug-likeness (QED) is 0.895. The average Bonchev–Trinajstić information content (AvgIpc) is 2.85. The molecule has 3 atom stereocenters. The van der Waals surface area contributed by atoms with Crippen molar-refractivity contribution >= 4 is 17.5 Å². The van der Waals surface area contributed by atoms with Crippen molar-refractivity contribution in [2.75, 3.05) is 13.2 Å². The van der Waals surface area contributed by atoms with Crippen molar-refractivity contribution in [1.82, 2.24) is 5.32 Å². The third-order valence-corrected chi connectivity index (χ3v) is 3.75. The molecule has 0 saturated carbocycles. The van der Waals surface area contributed by atoms with E-state index in [-0.39, 0.29) is 23.4 Å². The maximum absolute atomic E-state index is 13.3. The summed E-state index contributed by atoms with van der Waals surface area (Å²) in [5, 5.41) is 12.5. The van der Waals surface area contributed by atoms with Gasteiger partial charge in [-0.3, -0.25) is 4.79 Å². The molecule has 0 spiro atoms. The first-order chi connectivity index (χ1) is 9.49. The highest BCUT2D eigenvalue weighted by Gasteiger charge is 2.30. The summed E-state index contributed by atoms with van der Waals surface area (Å²) in [7, 11) is 0. The number of benzene rings is 1. The fraction of sp³-hybridized carbons (Fsp3) is 0.500. The molecule has 110 valence electrons. The minimum atomic E-state index is -0.984. The second-order valence-electron chi connectivity index (χ2n) is 4.99. The van der Waals surface area contributed by atoms with Crippen LogP contribution in [-0.2, 0) is 9.53 Å². The molecule has 4 nitrogen and oxygen atoms in total. The van der Waals surface area contributed by atoms with Gasteiger partial charge in [0.25, 0.3) is 0 Å². The van der Waals surface area contributed by atoms with Gasteiger partial charge in [0.2, 0.25) is 5.91 Å². The van der Waals surface area contributed by atoms with Crippen LogP contribution in [0.15, 0.2) is 18.2 Å². The maximum Gasteiger partial charge on any atom is 0.249 e. The van der Waals surface area contributed by atoms with E-state index in [9.17, 15) is 14.3 Å². The molecule has 1 aliphatic heterocycles. The maximum atomic E-state index is 13.3. The first kappa shape index (κ1) is 15.2. The number of aliphatic hydroxyl groups excluding tert-OH is 1. The molecule has 2 N–H and O–H groups in total. The van der Waals surface area contributed by atoms with Crippen LogP contribution in [0.2, 0.25) is 5.02 Å². The molecule has 2 rings (SSSR count). The highest BCUT2D eigenvalue weighted by Crippen LogP contribution is 2.21. The van der Waals surface area contributed by atoms with Crippen molar-refractivity contribution in [3.8, 4) is 0 Å². The standard InChI is InChI=1S/C14H17ClFNO3/c1-8-4-5-20-13(8)14(19)17-7-12(18)9-2-3-10(15)11(16)6-9/h2-3,6,8,12-13,18H,4-5,7H2,1H3,(H,17,19). The summed E-state index contributed by atoms with van der Waals surface area (Å²) in [4.78, 5) is 11.9. The van der Waals surface area contributed by atoms with Crippen LogP contribution in [0.3, 0.4) is 0 Å². The Morgan fingerprint density at radius 3 is 3.00 bits per heavy atom. The highest BCUT2D eigenvalue weighted by atomic mass is 35.5. The molecule has 0 aromatic heterocycles. The zero-order valence-electron chi connectivity index (χ0n) is 11.1. The molecule has 1 amide bonds. The van der Waals surface area contributed by atoms with Crippen LogP contribution in [0.4, 0.5) is 4.39 Å². The smallest absolute Gasteiger partial charge is 0.249 e. The molecule has 1 saturated heterocycles. The van der Waals surface area contributed by atoms with Crippen LogP contribution >= 0.6 is 11.6 Å². The lowest BCUT2D eigenvalue weighted by molar-refractivity contribution is -0.131. The number of nitrogens with one attached hydrogen (secondary N) is 1. The van der Waals surface area contributed by atoms with Crippen LogP contribution in [0.25, 0.3) is 0 Å². The van der Waals surface area contributed by atoms with Crippen LogP contribution in [0.1, 0.15) is 25.0 Å². The molecule has 1 aliphatic rings. The Hall–Kier alpha value is -1.17. The van der Waals surface area contributed by atoms with Gasteiger partial charge in [-0.25, -0.2) is 4.39 Å². The number of carbonyl (C=O) groups excluding carboxylic acids is 1. The van der Waals surface area contributed by atoms with E-state index in [1.807, 2.05) is 6.92 Å². The minimum Gasteiger partial charge on any atom is -0.387 e. The van der Waals surface area contributed by atoms with Crippen molar-refractivity contribution < 1.29 is 19.0 Å². The topological polar surface area (TPSA) is 58.6 Å². The zero-order chi connectivity index (χ0) is 14.7. The average molecular weight is 302 g/mol. The SMILES string of the molecule is CC1CCOC1C(=O)NCC(O)c1ccc(Cl)c(F)c1. The molecular weight excluding hydrogens is 285 g/mol. The Balaban J connectivity index is 1.89. The molecule has 1 fully saturated rings. The van der Waals surface area contributed by atoms with E-state index in [1.54, 1.807) is 0 Å². The number of aliphatic hydroxyl groups is 1. The van der Waals surface area contributed by atoms with Crippen LogP contribution in [0.5, 0.6) is 0 Å². The van der Waals surface area contributed by atoms with Crippen molar-refractivity contribution in [2.45, 2.75) is 25.6 Å². The number of hydrogen-bond donors (Lipinski definition) is 2. The Labute approximate surface area is 121 Å². The first-order valence-corrected chi connectivity index (χ1v) is 6.89. The number of amides is 1. The third-order valence-electron chi connectivity index (χ3n) is 3.44. The van der Waals surface area contributed by atoms with E-state index in [2.05, 4.69) is 5.32 Å². The van der Waals surface area contributed by atoms with Gasteiger partial charge in [-0.15, -0.1) is 0 Å². The third kappa shape index (κ3) is 3.48. The summed E-state index contributed by atoms with van der Waals surface area (Å²) in [5.41, 5.74) is 0.368. The second-order valence-corrected chi connectivity index (χ2v) is 5.40. The largest absolute Gasteiger partial charge is 0.387 e. The molecule has 6 heteroatoms. The highest BCUT2D eigenvalue weighted by molar-refractivity contribution is 6.30. The van der Waals surface area contributed by atoms with E-state index in [0.29, 0.717) is 12.2 Å². The number of hydrogen-bond acceptors (Lipinski definition) is 3. The normalized spacial score (nSPS) is 23.6. The Bertz CT molecular complexity index is 497. The molecule has 20 heavy (non-hydrogen) atoms. The van der Waals surface area contributed by atoms with Gasteiger partial charge in [-0.05, 0) is 30.0 Å². The molecule has 3 unspecified atom stereocenters. The summed E-state index contributed by atoms with van der Waals surface area (Å²) in [5.74, 6) is -0.675. The molecule has 0 radical (unpaired) electrons. The summed E-state index contributed by atoms with van der Waals surface area (Å²) < 4.78 is 18.6. The van der Waals surface area contributed by atoms with Crippen molar-refractivity contribution in [3.63, 3.8) is 0 Å². The fourth-order valence-corrected chi connectivity index (χ4v) is 2.28. The van der Waals surface area contributed by atoms with E-state index in [1.165, 1.54) is 12.1 Å². The monoisotopic (exact) mass is 301 g/mol. The van der Waals surface area contributed by atoms with Gasteiger partial charge in [0.05, 0.1) is 11.1 Å². The summed E-state index contributed by atoms with van der Waals surface area (Å²) >= 11 is 5.57. The number of halogens is 2. The molecular formula is C14H17ClFNO3. The van der Waals surface area contributed by atoms with Crippen LogP contribution in [0, 0.1) is 11.7 Å². The Morgan fingerprint density at radius 1 is 1.65 bits per heavy atom. The van der Waals surface area contributed by atoms with Gasteiger partial charge in [0.1, 0.15) is 11.9 Å². The van der Waals surface area contributed by atoms with Gasteiger partial charge < -0.3 is 15.2 Å². The van der Waals surface area contributed by atoms with Gasteiger partial charge >= 0.3 is 0 Å². The molecule has 1 heterocycles. The van der Waals surface area contributed by atoms with E-state index in [0.717, 1.165) is 12.5 Å². The summed E-state index contributed by atoms with van der Waals surface area (Å²) in [6.07, 6.45) is -0.602. The molecule has 0 bridgehead atoms. The van der Waals surface area contributed by atoms with Gasteiger partial charge in [-0.2, -0.15) is 0 Å². The minimum absolute atomic E-state index is 0.00170. The molecule has 0 aliphatic carbocycles. The molecule has 1 aromatic carbocycles. The van der Waals surface area contributed by atoms with Crippen LogP contribution < -0.4 is 5.32 Å². The first-order valence-electron chi connectivity index (χ1n) is 6.51. The predicted molar refractivity (Wildman–Crippen MR) is 72.9 cm³/mol.